The Labute approximate surface area is 62.9 Å². The molecule has 1 heterocycles. The third kappa shape index (κ3) is 1.54. The lowest BCUT2D eigenvalue weighted by atomic mass is 10.8. The van der Waals surface area contributed by atoms with Gasteiger partial charge in [-0.15, -0.1) is 0 Å². The van der Waals surface area contributed by atoms with Gasteiger partial charge in [-0.2, -0.15) is 4.79 Å². The van der Waals surface area contributed by atoms with Gasteiger partial charge in [0.05, 0.1) is 12.0 Å². The molecule has 10 heavy (non-hydrogen) atoms. The van der Waals surface area contributed by atoms with E-state index in [1.807, 2.05) is 5.38 Å². The second-order valence-corrected chi connectivity index (χ2v) is 2.39. The minimum Gasteiger partial charge on any atom is -0.412 e. The van der Waals surface area contributed by atoms with E-state index in [9.17, 15) is 4.79 Å². The maximum absolute atomic E-state index is 10.9. The van der Waals surface area contributed by atoms with E-state index in [1.54, 1.807) is 18.6 Å². The first-order valence-electron chi connectivity index (χ1n) is 2.95. The first-order valence-corrected chi connectivity index (χ1v) is 3.89. The fourth-order valence-corrected chi connectivity index (χ4v) is 1.10. The van der Waals surface area contributed by atoms with Crippen LogP contribution in [-0.4, -0.2) is 12.7 Å². The van der Waals surface area contributed by atoms with Crippen molar-refractivity contribution in [2.75, 3.05) is 6.61 Å². The van der Waals surface area contributed by atoms with Gasteiger partial charge in [0, 0.05) is 0 Å². The van der Waals surface area contributed by atoms with Crippen molar-refractivity contribution >= 4 is 17.4 Å². The summed E-state index contributed by atoms with van der Waals surface area (Å²) >= 11 is 1.46. The lowest BCUT2D eigenvalue weighted by Crippen LogP contribution is -2.40. The molecule has 1 aromatic heterocycles. The number of carbonyl (C=O) groups is 1. The van der Waals surface area contributed by atoms with Crippen LogP contribution in [0.25, 0.3) is 0 Å². The Kier molecular flexibility index (Phi) is 2.39. The number of thiazole rings is 1. The monoisotopic (exact) mass is 158 g/mol. The summed E-state index contributed by atoms with van der Waals surface area (Å²) in [5.74, 6) is 0. The Bertz CT molecular complexity index is 208. The smallest absolute Gasteiger partial charge is 0.412 e. The standard InChI is InChI=1S/C6H8NO2S/c1-2-9-6(8)7-3-4-10-5-7/h3-5H,2H2,1H3/q+1. The third-order valence-corrected chi connectivity index (χ3v) is 1.58. The fraction of sp³-hybridized carbons (Fsp3) is 0.333. The number of hydrogen-bond acceptors (Lipinski definition) is 3. The van der Waals surface area contributed by atoms with Crippen LogP contribution in [0.1, 0.15) is 6.92 Å². The molecule has 54 valence electrons. The molecule has 0 saturated heterocycles. The summed E-state index contributed by atoms with van der Waals surface area (Å²) in [5, 5.41) is 1.82. The Morgan fingerprint density at radius 1 is 1.80 bits per heavy atom. The van der Waals surface area contributed by atoms with Gasteiger partial charge in [0.15, 0.2) is 6.20 Å². The van der Waals surface area contributed by atoms with Crippen molar-refractivity contribution in [2.45, 2.75) is 6.92 Å². The van der Waals surface area contributed by atoms with Crippen LogP contribution in [0.15, 0.2) is 17.1 Å². The number of rotatable bonds is 1. The maximum Gasteiger partial charge on any atom is 0.602 e. The van der Waals surface area contributed by atoms with Gasteiger partial charge in [0.2, 0.25) is 5.51 Å². The summed E-state index contributed by atoms with van der Waals surface area (Å²) < 4.78 is 6.13. The van der Waals surface area contributed by atoms with E-state index in [2.05, 4.69) is 0 Å². The topological polar surface area (TPSA) is 30.2 Å². The molecule has 0 fully saturated rings. The highest BCUT2D eigenvalue weighted by Gasteiger charge is 2.13. The summed E-state index contributed by atoms with van der Waals surface area (Å²) in [6, 6.07) is 0. The molecule has 0 unspecified atom stereocenters. The average Bonchev–Trinajstić information content (AvgIpc) is 2.38. The second-order valence-electron chi connectivity index (χ2n) is 1.63. The molecule has 0 amide bonds. The lowest BCUT2D eigenvalue weighted by Gasteiger charge is -1.89. The van der Waals surface area contributed by atoms with Gasteiger partial charge in [0.25, 0.3) is 0 Å². The zero-order chi connectivity index (χ0) is 7.40. The largest absolute Gasteiger partial charge is 0.602 e. The number of nitrogens with zero attached hydrogens (tertiary/aromatic N) is 1. The molecule has 0 saturated carbocycles. The third-order valence-electron chi connectivity index (χ3n) is 0.953. The molecule has 0 aliphatic carbocycles. The second kappa shape index (κ2) is 3.31. The highest BCUT2D eigenvalue weighted by molar-refractivity contribution is 7.07. The molecule has 0 spiro atoms. The Hall–Kier alpha value is -0.900. The Balaban J connectivity index is 2.59. The van der Waals surface area contributed by atoms with Crippen molar-refractivity contribution in [3.05, 3.63) is 17.1 Å². The van der Waals surface area contributed by atoms with Gasteiger partial charge in [-0.1, -0.05) is 15.9 Å². The highest BCUT2D eigenvalue weighted by atomic mass is 32.1. The molecule has 0 atom stereocenters. The quantitative estimate of drug-likeness (QED) is 0.572. The number of aromatic nitrogens is 1. The fourth-order valence-electron chi connectivity index (χ4n) is 0.538. The van der Waals surface area contributed by atoms with Gasteiger partial charge in [-0.3, -0.25) is 0 Å². The normalized spacial score (nSPS) is 9.30. The highest BCUT2D eigenvalue weighted by Crippen LogP contribution is 1.88. The van der Waals surface area contributed by atoms with Crippen LogP contribution in [0, 0.1) is 0 Å². The molecule has 1 aromatic rings. The van der Waals surface area contributed by atoms with Crippen LogP contribution in [0.2, 0.25) is 0 Å². The van der Waals surface area contributed by atoms with Gasteiger partial charge < -0.3 is 4.74 Å². The molecular weight excluding hydrogens is 150 g/mol. The van der Waals surface area contributed by atoms with Crippen LogP contribution in [0.4, 0.5) is 4.79 Å². The lowest BCUT2D eigenvalue weighted by molar-refractivity contribution is -0.580. The summed E-state index contributed by atoms with van der Waals surface area (Å²) in [7, 11) is 0. The molecule has 1 rings (SSSR count). The van der Waals surface area contributed by atoms with Gasteiger partial charge in [-0.25, -0.2) is 0 Å². The maximum atomic E-state index is 10.9. The van der Waals surface area contributed by atoms with E-state index in [-0.39, 0.29) is 6.09 Å². The minimum atomic E-state index is -0.316. The van der Waals surface area contributed by atoms with Gasteiger partial charge >= 0.3 is 6.09 Å². The van der Waals surface area contributed by atoms with Crippen molar-refractivity contribution in [1.82, 2.24) is 0 Å². The summed E-state index contributed by atoms with van der Waals surface area (Å²) in [4.78, 5) is 10.9. The molecule has 0 aliphatic heterocycles. The van der Waals surface area contributed by atoms with E-state index in [1.165, 1.54) is 15.9 Å². The first kappa shape index (κ1) is 7.21. The molecule has 3 nitrogen and oxygen atoms in total. The zero-order valence-electron chi connectivity index (χ0n) is 5.61. The van der Waals surface area contributed by atoms with E-state index < -0.39 is 0 Å². The molecular formula is C6H8NO2S+. The van der Waals surface area contributed by atoms with Crippen LogP contribution in [0.3, 0.4) is 0 Å². The van der Waals surface area contributed by atoms with Gasteiger partial charge in [-0.05, 0) is 6.92 Å². The molecule has 0 N–H and O–H groups in total. The number of hydrogen-bond donors (Lipinski definition) is 0. The Morgan fingerprint density at radius 2 is 2.60 bits per heavy atom. The number of carbonyl (C=O) groups excluding carboxylic acids is 1. The van der Waals surface area contributed by atoms with Crippen molar-refractivity contribution < 1.29 is 14.1 Å². The van der Waals surface area contributed by atoms with Crippen molar-refractivity contribution in [3.8, 4) is 0 Å². The van der Waals surface area contributed by atoms with Crippen LogP contribution in [-0.2, 0) is 4.74 Å². The summed E-state index contributed by atoms with van der Waals surface area (Å²) in [5.41, 5.74) is 1.69. The van der Waals surface area contributed by atoms with E-state index in [0.29, 0.717) is 6.61 Å². The van der Waals surface area contributed by atoms with Crippen molar-refractivity contribution in [1.29, 1.82) is 0 Å². The number of ether oxygens (including phenoxy) is 1. The van der Waals surface area contributed by atoms with Crippen molar-refractivity contribution in [2.24, 2.45) is 0 Å². The zero-order valence-corrected chi connectivity index (χ0v) is 6.43. The van der Waals surface area contributed by atoms with Gasteiger partial charge in [0.1, 0.15) is 0 Å². The van der Waals surface area contributed by atoms with E-state index in [0.717, 1.165) is 0 Å². The molecule has 4 heteroatoms. The summed E-state index contributed by atoms with van der Waals surface area (Å²) in [6.45, 7) is 2.20. The van der Waals surface area contributed by atoms with E-state index >= 15 is 0 Å². The van der Waals surface area contributed by atoms with Crippen LogP contribution >= 0.6 is 11.3 Å². The van der Waals surface area contributed by atoms with Crippen LogP contribution in [0.5, 0.6) is 0 Å². The molecule has 0 aliphatic rings. The predicted octanol–water partition coefficient (Wildman–Crippen LogP) is 1.04. The first-order chi connectivity index (χ1) is 4.84. The molecule has 0 aromatic carbocycles. The Morgan fingerprint density at radius 3 is 3.10 bits per heavy atom. The molecule has 0 bridgehead atoms. The van der Waals surface area contributed by atoms with E-state index in [4.69, 9.17) is 4.74 Å². The summed E-state index contributed by atoms with van der Waals surface area (Å²) in [6.07, 6.45) is 1.35. The minimum absolute atomic E-state index is 0.316. The van der Waals surface area contributed by atoms with Crippen molar-refractivity contribution in [3.63, 3.8) is 0 Å². The predicted molar refractivity (Wildman–Crippen MR) is 36.9 cm³/mol. The average molecular weight is 158 g/mol. The van der Waals surface area contributed by atoms with Crippen LogP contribution < -0.4 is 4.57 Å². The SMILES string of the molecule is CCOC(=O)[n+]1ccsc1. The molecule has 0 radical (unpaired) electrons.